The lowest BCUT2D eigenvalue weighted by Crippen LogP contribution is -2.19. The van der Waals surface area contributed by atoms with Crippen molar-refractivity contribution in [3.8, 4) is 17.0 Å². The Balaban J connectivity index is 1.48. The first-order valence-electron chi connectivity index (χ1n) is 9.18. The van der Waals surface area contributed by atoms with Crippen LogP contribution in [0.4, 0.5) is 0 Å². The number of methoxy groups -OCH3 is 1. The summed E-state index contributed by atoms with van der Waals surface area (Å²) in [4.78, 5) is 12.4. The highest BCUT2D eigenvalue weighted by Crippen LogP contribution is 2.23. The lowest BCUT2D eigenvalue weighted by molar-refractivity contribution is 0.0950. The third-order valence-electron chi connectivity index (χ3n) is 4.70. The molecule has 0 radical (unpaired) electrons. The van der Waals surface area contributed by atoms with Crippen molar-refractivity contribution < 1.29 is 9.53 Å². The van der Waals surface area contributed by atoms with E-state index in [1.807, 2.05) is 55.5 Å². The van der Waals surface area contributed by atoms with Crippen molar-refractivity contribution in [2.75, 3.05) is 7.11 Å². The number of benzene rings is 3. The van der Waals surface area contributed by atoms with E-state index in [-0.39, 0.29) is 5.91 Å². The Labute approximate surface area is 168 Å². The molecule has 6 heteroatoms. The molecule has 0 saturated heterocycles. The molecule has 0 saturated carbocycles. The Kier molecular flexibility index (Phi) is 5.07. The molecule has 3 aromatic carbocycles. The van der Waals surface area contributed by atoms with Crippen LogP contribution in [0.1, 0.15) is 23.0 Å². The van der Waals surface area contributed by atoms with Crippen LogP contribution in [-0.4, -0.2) is 28.9 Å². The molecule has 0 aliphatic heterocycles. The minimum Gasteiger partial charge on any atom is -0.497 e. The van der Waals surface area contributed by atoms with Gasteiger partial charge in [0.25, 0.3) is 5.91 Å². The number of rotatable bonds is 5. The zero-order valence-electron chi connectivity index (χ0n) is 16.1. The molecule has 0 spiro atoms. The Morgan fingerprint density at radius 3 is 2.52 bits per heavy atom. The molecule has 0 aliphatic rings. The molecule has 0 aliphatic carbocycles. The molecule has 4 aromatic rings. The van der Waals surface area contributed by atoms with Crippen LogP contribution in [0, 0.1) is 0 Å². The first-order chi connectivity index (χ1) is 14.1. The molecule has 0 bridgehead atoms. The third-order valence-corrected chi connectivity index (χ3v) is 4.70. The number of carbonyl (C=O) groups excluding carboxylic acids is 1. The predicted molar refractivity (Wildman–Crippen MR) is 114 cm³/mol. The van der Waals surface area contributed by atoms with E-state index in [1.54, 1.807) is 13.2 Å². The number of hydrogen-bond donors (Lipinski definition) is 2. The quantitative estimate of drug-likeness (QED) is 0.396. The number of ether oxygens (including phenoxy) is 1. The van der Waals surface area contributed by atoms with Gasteiger partial charge in [0.1, 0.15) is 11.4 Å². The Bertz CT molecular complexity index is 1190. The van der Waals surface area contributed by atoms with Crippen LogP contribution in [0.25, 0.3) is 22.0 Å². The minimum atomic E-state index is -0.350. The second-order valence-corrected chi connectivity index (χ2v) is 6.60. The van der Waals surface area contributed by atoms with Gasteiger partial charge in [0.15, 0.2) is 0 Å². The number of aromatic amines is 1. The highest BCUT2D eigenvalue weighted by atomic mass is 16.5. The summed E-state index contributed by atoms with van der Waals surface area (Å²) in [5, 5.41) is 13.5. The van der Waals surface area contributed by atoms with Crippen LogP contribution in [0.15, 0.2) is 77.9 Å². The molecular formula is C23H20N4O2. The second-order valence-electron chi connectivity index (χ2n) is 6.60. The van der Waals surface area contributed by atoms with Crippen LogP contribution in [-0.2, 0) is 0 Å². The number of carbonyl (C=O) groups is 1. The number of aromatic nitrogens is 2. The normalized spacial score (nSPS) is 11.4. The van der Waals surface area contributed by atoms with Gasteiger partial charge in [0.2, 0.25) is 0 Å². The fourth-order valence-corrected chi connectivity index (χ4v) is 3.03. The number of nitrogens with one attached hydrogen (secondary N) is 2. The van der Waals surface area contributed by atoms with E-state index in [1.165, 1.54) is 0 Å². The van der Waals surface area contributed by atoms with Crippen molar-refractivity contribution >= 4 is 22.4 Å². The SMILES string of the molecule is COc1ccc(/C(C)=N/NC(=O)c2cc(-c3ccc4ccccc4c3)n[nH]2)cc1. The van der Waals surface area contributed by atoms with Crippen LogP contribution >= 0.6 is 0 Å². The van der Waals surface area contributed by atoms with Gasteiger partial charge in [0, 0.05) is 5.56 Å². The molecule has 4 rings (SSSR count). The predicted octanol–water partition coefficient (Wildman–Crippen LogP) is 4.39. The van der Waals surface area contributed by atoms with Gasteiger partial charge in [-0.1, -0.05) is 36.4 Å². The topological polar surface area (TPSA) is 79.4 Å². The van der Waals surface area contributed by atoms with Crippen LogP contribution in [0.5, 0.6) is 5.75 Å². The van der Waals surface area contributed by atoms with Gasteiger partial charge >= 0.3 is 0 Å². The van der Waals surface area contributed by atoms with Gasteiger partial charge in [-0.05, 0) is 59.7 Å². The summed E-state index contributed by atoms with van der Waals surface area (Å²) in [5.41, 5.74) is 6.15. The van der Waals surface area contributed by atoms with Gasteiger partial charge in [-0.3, -0.25) is 9.89 Å². The van der Waals surface area contributed by atoms with Crippen molar-refractivity contribution in [1.29, 1.82) is 0 Å². The average molecular weight is 384 g/mol. The number of hydrogen-bond acceptors (Lipinski definition) is 4. The average Bonchev–Trinajstić information content (AvgIpc) is 3.27. The van der Waals surface area contributed by atoms with Crippen LogP contribution < -0.4 is 10.2 Å². The van der Waals surface area contributed by atoms with Gasteiger partial charge in [-0.15, -0.1) is 0 Å². The second kappa shape index (κ2) is 7.98. The maximum Gasteiger partial charge on any atom is 0.289 e. The van der Waals surface area contributed by atoms with E-state index in [4.69, 9.17) is 4.74 Å². The maximum atomic E-state index is 12.4. The number of amides is 1. The summed E-state index contributed by atoms with van der Waals surface area (Å²) in [6.07, 6.45) is 0. The molecule has 1 heterocycles. The third kappa shape index (κ3) is 4.01. The summed E-state index contributed by atoms with van der Waals surface area (Å²) >= 11 is 0. The molecule has 6 nitrogen and oxygen atoms in total. The number of H-pyrrole nitrogens is 1. The molecule has 2 N–H and O–H groups in total. The highest BCUT2D eigenvalue weighted by molar-refractivity contribution is 6.00. The Morgan fingerprint density at radius 2 is 1.76 bits per heavy atom. The van der Waals surface area contributed by atoms with Gasteiger partial charge < -0.3 is 4.74 Å². The molecule has 0 fully saturated rings. The molecule has 29 heavy (non-hydrogen) atoms. The zero-order chi connectivity index (χ0) is 20.2. The van der Waals surface area contributed by atoms with Crippen molar-refractivity contribution in [1.82, 2.24) is 15.6 Å². The van der Waals surface area contributed by atoms with E-state index in [2.05, 4.69) is 38.9 Å². The molecule has 1 amide bonds. The largest absolute Gasteiger partial charge is 0.497 e. The van der Waals surface area contributed by atoms with E-state index in [0.717, 1.165) is 27.6 Å². The first-order valence-corrected chi connectivity index (χ1v) is 9.18. The van der Waals surface area contributed by atoms with Crippen molar-refractivity contribution in [2.45, 2.75) is 6.92 Å². The lowest BCUT2D eigenvalue weighted by Gasteiger charge is -2.03. The Hall–Kier alpha value is -3.93. The van der Waals surface area contributed by atoms with Gasteiger partial charge in [0.05, 0.1) is 18.5 Å². The monoisotopic (exact) mass is 384 g/mol. The van der Waals surface area contributed by atoms with Crippen molar-refractivity contribution in [3.05, 3.63) is 84.1 Å². The fraction of sp³-hybridized carbons (Fsp3) is 0.0870. The fourth-order valence-electron chi connectivity index (χ4n) is 3.03. The maximum absolute atomic E-state index is 12.4. The highest BCUT2D eigenvalue weighted by Gasteiger charge is 2.11. The summed E-state index contributed by atoms with van der Waals surface area (Å²) in [5.74, 6) is 0.418. The van der Waals surface area contributed by atoms with E-state index < -0.39 is 0 Å². The van der Waals surface area contributed by atoms with Crippen molar-refractivity contribution in [3.63, 3.8) is 0 Å². The number of nitrogens with zero attached hydrogens (tertiary/aromatic N) is 2. The Morgan fingerprint density at radius 1 is 1.00 bits per heavy atom. The van der Waals surface area contributed by atoms with E-state index in [0.29, 0.717) is 17.1 Å². The molecule has 0 unspecified atom stereocenters. The van der Waals surface area contributed by atoms with Crippen molar-refractivity contribution in [2.24, 2.45) is 5.10 Å². The van der Waals surface area contributed by atoms with E-state index >= 15 is 0 Å². The number of hydrazone groups is 1. The number of fused-ring (bicyclic) bond motifs is 1. The minimum absolute atomic E-state index is 0.347. The lowest BCUT2D eigenvalue weighted by atomic mass is 10.1. The molecular weight excluding hydrogens is 364 g/mol. The van der Waals surface area contributed by atoms with Crippen LogP contribution in [0.2, 0.25) is 0 Å². The molecule has 1 aromatic heterocycles. The standard InChI is InChI=1S/C23H20N4O2/c1-15(16-9-11-20(29-2)12-10-16)24-27-23(28)22-14-21(25-26-22)19-8-7-17-5-3-4-6-18(17)13-19/h3-14H,1-2H3,(H,25,26)(H,27,28)/b24-15+. The summed E-state index contributed by atoms with van der Waals surface area (Å²) in [6, 6.07) is 23.4. The van der Waals surface area contributed by atoms with E-state index in [9.17, 15) is 4.79 Å². The van der Waals surface area contributed by atoms with Crippen LogP contribution in [0.3, 0.4) is 0 Å². The summed E-state index contributed by atoms with van der Waals surface area (Å²) in [6.45, 7) is 1.83. The zero-order valence-corrected chi connectivity index (χ0v) is 16.1. The molecule has 144 valence electrons. The summed E-state index contributed by atoms with van der Waals surface area (Å²) < 4.78 is 5.15. The summed E-state index contributed by atoms with van der Waals surface area (Å²) in [7, 11) is 1.62. The first kappa shape index (κ1) is 18.4. The smallest absolute Gasteiger partial charge is 0.289 e. The van der Waals surface area contributed by atoms with Gasteiger partial charge in [-0.25, -0.2) is 5.43 Å². The van der Waals surface area contributed by atoms with Gasteiger partial charge in [-0.2, -0.15) is 10.2 Å². The molecule has 0 atom stereocenters.